The summed E-state index contributed by atoms with van der Waals surface area (Å²) in [7, 11) is 1.31. The number of hydrogen-bond donors (Lipinski definition) is 0. The van der Waals surface area contributed by atoms with Crippen LogP contribution in [0.25, 0.3) is 11.0 Å². The van der Waals surface area contributed by atoms with Gasteiger partial charge in [-0.2, -0.15) is 0 Å². The molecule has 8 heteroatoms. The first-order chi connectivity index (χ1) is 15.4. The Bertz CT molecular complexity index is 1440. The minimum absolute atomic E-state index is 0.0167. The smallest absolute Gasteiger partial charge is 0.337 e. The summed E-state index contributed by atoms with van der Waals surface area (Å²) in [6.45, 7) is 3.86. The van der Waals surface area contributed by atoms with Gasteiger partial charge in [0.15, 0.2) is 10.6 Å². The van der Waals surface area contributed by atoms with Crippen molar-refractivity contribution in [1.29, 1.82) is 0 Å². The number of aryl methyl sites for hydroxylation is 2. The summed E-state index contributed by atoms with van der Waals surface area (Å²) in [5, 5.41) is 2.65. The van der Waals surface area contributed by atoms with Crippen LogP contribution in [0.3, 0.4) is 0 Å². The van der Waals surface area contributed by atoms with Crippen LogP contribution in [-0.4, -0.2) is 24.0 Å². The summed E-state index contributed by atoms with van der Waals surface area (Å²) in [5.41, 5.74) is 3.37. The molecule has 0 fully saturated rings. The molecule has 0 N–H and O–H groups in total. The number of thiazole rings is 1. The maximum absolute atomic E-state index is 13.6. The Morgan fingerprint density at radius 1 is 1.12 bits per heavy atom. The molecule has 0 saturated carbocycles. The Balaban J connectivity index is 1.77. The van der Waals surface area contributed by atoms with Gasteiger partial charge in [0, 0.05) is 11.6 Å². The zero-order chi connectivity index (χ0) is 22.6. The lowest BCUT2D eigenvalue weighted by molar-refractivity contribution is 0.0600. The molecular weight excluding hydrogens is 428 g/mol. The van der Waals surface area contributed by atoms with Crippen molar-refractivity contribution in [3.63, 3.8) is 0 Å². The van der Waals surface area contributed by atoms with Gasteiger partial charge in [0.05, 0.1) is 29.7 Å². The van der Waals surface area contributed by atoms with Gasteiger partial charge in [0.2, 0.25) is 5.76 Å². The van der Waals surface area contributed by atoms with Crippen molar-refractivity contribution in [3.8, 4) is 0 Å². The molecule has 32 heavy (non-hydrogen) atoms. The van der Waals surface area contributed by atoms with Crippen LogP contribution in [-0.2, 0) is 4.74 Å². The number of esters is 1. The number of carbonyl (C=O) groups is 2. The molecule has 2 aromatic heterocycles. The van der Waals surface area contributed by atoms with E-state index in [-0.39, 0.29) is 16.8 Å². The lowest BCUT2D eigenvalue weighted by Crippen LogP contribution is -2.29. The van der Waals surface area contributed by atoms with Gasteiger partial charge in [0.1, 0.15) is 5.58 Å². The van der Waals surface area contributed by atoms with Crippen molar-refractivity contribution in [2.75, 3.05) is 12.0 Å². The molecule has 5 rings (SSSR count). The summed E-state index contributed by atoms with van der Waals surface area (Å²) in [6, 6.07) is 9.50. The molecule has 0 aliphatic carbocycles. The lowest BCUT2D eigenvalue weighted by atomic mass is 9.97. The molecule has 0 radical (unpaired) electrons. The fraction of sp³-hybridized carbons (Fsp3) is 0.167. The van der Waals surface area contributed by atoms with E-state index in [0.29, 0.717) is 27.2 Å². The Kier molecular flexibility index (Phi) is 4.67. The highest BCUT2D eigenvalue weighted by molar-refractivity contribution is 7.13. The van der Waals surface area contributed by atoms with Crippen molar-refractivity contribution < 1.29 is 18.7 Å². The molecule has 1 atom stereocenters. The van der Waals surface area contributed by atoms with Crippen LogP contribution in [0, 0.1) is 13.8 Å². The monoisotopic (exact) mass is 446 g/mol. The van der Waals surface area contributed by atoms with Crippen molar-refractivity contribution >= 4 is 39.3 Å². The highest BCUT2D eigenvalue weighted by Gasteiger charge is 2.44. The van der Waals surface area contributed by atoms with E-state index < -0.39 is 17.9 Å². The fourth-order valence-corrected chi connectivity index (χ4v) is 4.66. The first-order valence-electron chi connectivity index (χ1n) is 9.90. The number of aromatic nitrogens is 1. The number of fused-ring (bicyclic) bond motifs is 2. The van der Waals surface area contributed by atoms with E-state index >= 15 is 0 Å². The first-order valence-corrected chi connectivity index (χ1v) is 10.8. The number of anilines is 1. The molecule has 160 valence electrons. The van der Waals surface area contributed by atoms with Crippen molar-refractivity contribution in [1.82, 2.24) is 4.98 Å². The molecule has 0 bridgehead atoms. The fourth-order valence-electron chi connectivity index (χ4n) is 3.99. The predicted octanol–water partition coefficient (Wildman–Crippen LogP) is 4.40. The lowest BCUT2D eigenvalue weighted by Gasteiger charge is -2.22. The number of nitrogens with zero attached hydrogens (tertiary/aromatic N) is 2. The molecule has 0 unspecified atom stereocenters. The van der Waals surface area contributed by atoms with Gasteiger partial charge in [-0.25, -0.2) is 9.78 Å². The summed E-state index contributed by atoms with van der Waals surface area (Å²) in [6.07, 6.45) is 1.60. The number of benzene rings is 2. The quantitative estimate of drug-likeness (QED) is 0.433. The second-order valence-corrected chi connectivity index (χ2v) is 8.49. The standard InChI is InChI=1S/C24H18N2O5S/c1-12-10-16-17(11-13(12)2)31-21-18(20(16)27)19(26(22(21)28)24-25-8-9-32-24)14-4-6-15(7-5-14)23(29)30-3/h4-11,19H,1-3H3/t19-/m0/s1. The molecule has 1 amide bonds. The van der Waals surface area contributed by atoms with Gasteiger partial charge >= 0.3 is 5.97 Å². The molecule has 0 spiro atoms. The SMILES string of the molecule is COC(=O)c1ccc([C@H]2c3c(oc4cc(C)c(C)cc4c3=O)C(=O)N2c2nccs2)cc1. The highest BCUT2D eigenvalue weighted by atomic mass is 32.1. The zero-order valence-electron chi connectivity index (χ0n) is 17.5. The van der Waals surface area contributed by atoms with Crippen molar-refractivity contribution in [2.24, 2.45) is 0 Å². The normalized spacial score (nSPS) is 15.3. The molecule has 0 saturated heterocycles. The van der Waals surface area contributed by atoms with Gasteiger partial charge in [-0.3, -0.25) is 14.5 Å². The molecule has 7 nitrogen and oxygen atoms in total. The molecule has 1 aliphatic rings. The van der Waals surface area contributed by atoms with E-state index in [1.807, 2.05) is 13.8 Å². The van der Waals surface area contributed by atoms with E-state index in [1.165, 1.54) is 23.3 Å². The van der Waals surface area contributed by atoms with Crippen molar-refractivity contribution in [3.05, 3.63) is 91.8 Å². The van der Waals surface area contributed by atoms with Gasteiger partial charge in [-0.15, -0.1) is 11.3 Å². The average molecular weight is 446 g/mol. The maximum Gasteiger partial charge on any atom is 0.337 e. The third-order valence-corrected chi connectivity index (χ3v) is 6.53. The number of ether oxygens (including phenoxy) is 1. The topological polar surface area (TPSA) is 89.7 Å². The Hall–Kier alpha value is -3.78. The molecule has 2 aromatic carbocycles. The van der Waals surface area contributed by atoms with E-state index in [2.05, 4.69) is 4.98 Å². The van der Waals surface area contributed by atoms with Crippen LogP contribution in [0.4, 0.5) is 5.13 Å². The Morgan fingerprint density at radius 3 is 2.50 bits per heavy atom. The first kappa shape index (κ1) is 20.1. The minimum atomic E-state index is -0.724. The zero-order valence-corrected chi connectivity index (χ0v) is 18.4. The molecule has 3 heterocycles. The number of methoxy groups -OCH3 is 1. The third kappa shape index (κ3) is 2.95. The molecule has 4 aromatic rings. The van der Waals surface area contributed by atoms with Crippen LogP contribution in [0.2, 0.25) is 0 Å². The maximum atomic E-state index is 13.6. The van der Waals surface area contributed by atoms with Crippen LogP contribution < -0.4 is 10.3 Å². The summed E-state index contributed by atoms with van der Waals surface area (Å²) in [5.74, 6) is -0.871. The third-order valence-electron chi connectivity index (χ3n) is 5.76. The summed E-state index contributed by atoms with van der Waals surface area (Å²) < 4.78 is 10.8. The second-order valence-electron chi connectivity index (χ2n) is 7.61. The van der Waals surface area contributed by atoms with E-state index in [4.69, 9.17) is 9.15 Å². The van der Waals surface area contributed by atoms with Gasteiger partial charge in [0.25, 0.3) is 5.91 Å². The van der Waals surface area contributed by atoms with Crippen LogP contribution in [0.1, 0.15) is 49.2 Å². The van der Waals surface area contributed by atoms with Crippen molar-refractivity contribution in [2.45, 2.75) is 19.9 Å². The molecule has 1 aliphatic heterocycles. The van der Waals surface area contributed by atoms with E-state index in [1.54, 1.807) is 48.0 Å². The number of carbonyl (C=O) groups excluding carboxylic acids is 2. The summed E-state index contributed by atoms with van der Waals surface area (Å²) >= 11 is 1.30. The average Bonchev–Trinajstić information content (AvgIpc) is 3.42. The van der Waals surface area contributed by atoms with Gasteiger partial charge in [-0.1, -0.05) is 12.1 Å². The highest BCUT2D eigenvalue weighted by Crippen LogP contribution is 2.42. The van der Waals surface area contributed by atoms with E-state index in [9.17, 15) is 14.4 Å². The Morgan fingerprint density at radius 2 is 1.84 bits per heavy atom. The number of hydrogen-bond acceptors (Lipinski definition) is 7. The largest absolute Gasteiger partial charge is 0.465 e. The Labute approximate surface area is 186 Å². The van der Waals surface area contributed by atoms with Gasteiger partial charge in [-0.05, 0) is 54.8 Å². The second kappa shape index (κ2) is 7.42. The predicted molar refractivity (Wildman–Crippen MR) is 121 cm³/mol. The van der Waals surface area contributed by atoms with Crippen LogP contribution in [0.15, 0.2) is 57.2 Å². The van der Waals surface area contributed by atoms with Crippen LogP contribution >= 0.6 is 11.3 Å². The van der Waals surface area contributed by atoms with Gasteiger partial charge < -0.3 is 9.15 Å². The number of rotatable bonds is 3. The molecular formula is C24H18N2O5S. The summed E-state index contributed by atoms with van der Waals surface area (Å²) in [4.78, 5) is 44.7. The van der Waals surface area contributed by atoms with Crippen LogP contribution in [0.5, 0.6) is 0 Å². The minimum Gasteiger partial charge on any atom is -0.465 e. The van der Waals surface area contributed by atoms with E-state index in [0.717, 1.165) is 11.1 Å². The number of amides is 1.